The van der Waals surface area contributed by atoms with Crippen LogP contribution in [0.25, 0.3) is 0 Å². The number of esters is 1. The third-order valence-corrected chi connectivity index (χ3v) is 4.23. The lowest BCUT2D eigenvalue weighted by Gasteiger charge is -2.36. The van der Waals surface area contributed by atoms with Crippen LogP contribution < -0.4 is 5.32 Å². The van der Waals surface area contributed by atoms with Crippen LogP contribution >= 0.6 is 0 Å². The van der Waals surface area contributed by atoms with Gasteiger partial charge in [-0.1, -0.05) is 6.42 Å². The Kier molecular flexibility index (Phi) is 7.00. The summed E-state index contributed by atoms with van der Waals surface area (Å²) in [7, 11) is 3.10. The molecule has 0 aliphatic heterocycles. The maximum atomic E-state index is 12.4. The summed E-state index contributed by atoms with van der Waals surface area (Å²) in [6.07, 6.45) is 1.03. The van der Waals surface area contributed by atoms with Gasteiger partial charge in [-0.25, -0.2) is 8.78 Å². The average molecular weight is 306 g/mol. The Morgan fingerprint density at radius 2 is 2.14 bits per heavy atom. The largest absolute Gasteiger partial charge is 0.468 e. The summed E-state index contributed by atoms with van der Waals surface area (Å²) in [5.74, 6) is -0.0947. The molecule has 124 valence electrons. The number of carbonyl (C=O) groups is 1. The van der Waals surface area contributed by atoms with Gasteiger partial charge in [-0.15, -0.1) is 0 Å². The molecule has 4 nitrogen and oxygen atoms in total. The number of carbonyl (C=O) groups excluding carboxylic acids is 1. The van der Waals surface area contributed by atoms with Crippen LogP contribution in [0.3, 0.4) is 0 Å². The predicted octanol–water partition coefficient (Wildman–Crippen LogP) is 2.28. The molecule has 1 N–H and O–H groups in total. The van der Waals surface area contributed by atoms with E-state index in [0.29, 0.717) is 6.54 Å². The van der Waals surface area contributed by atoms with Crippen molar-refractivity contribution in [3.05, 3.63) is 0 Å². The number of halogens is 2. The molecule has 2 unspecified atom stereocenters. The topological polar surface area (TPSA) is 41.6 Å². The van der Waals surface area contributed by atoms with Crippen LogP contribution in [-0.2, 0) is 9.53 Å². The lowest BCUT2D eigenvalue weighted by atomic mass is 9.83. The van der Waals surface area contributed by atoms with Crippen LogP contribution in [0.4, 0.5) is 8.78 Å². The maximum Gasteiger partial charge on any atom is 0.326 e. The molecule has 0 bridgehead atoms. The minimum absolute atomic E-state index is 0.132. The molecule has 1 aliphatic carbocycles. The van der Waals surface area contributed by atoms with Gasteiger partial charge in [0, 0.05) is 6.04 Å². The van der Waals surface area contributed by atoms with Gasteiger partial charge in [0.25, 0.3) is 6.43 Å². The second-order valence-corrected chi connectivity index (χ2v) is 6.29. The first-order valence-electron chi connectivity index (χ1n) is 7.64. The quantitative estimate of drug-likeness (QED) is 0.699. The molecule has 21 heavy (non-hydrogen) atoms. The van der Waals surface area contributed by atoms with E-state index in [2.05, 4.69) is 5.32 Å². The van der Waals surface area contributed by atoms with Crippen molar-refractivity contribution in [3.8, 4) is 0 Å². The Morgan fingerprint density at radius 1 is 1.48 bits per heavy atom. The van der Waals surface area contributed by atoms with Crippen LogP contribution in [0, 0.1) is 5.92 Å². The summed E-state index contributed by atoms with van der Waals surface area (Å²) in [4.78, 5) is 13.9. The molecule has 0 heterocycles. The summed E-state index contributed by atoms with van der Waals surface area (Å²) >= 11 is 0. The minimum Gasteiger partial charge on any atom is -0.468 e. The standard InChI is InChI=1S/C15H28F2N2O2/c1-11(2)18-15(14(20)21-4)8-5-6-12(15)7-9-19(3)10-13(16)17/h11-13,18H,5-10H2,1-4H3. The van der Waals surface area contributed by atoms with E-state index in [-0.39, 0.29) is 24.5 Å². The molecule has 0 aromatic heterocycles. The summed E-state index contributed by atoms with van der Waals surface area (Å²) < 4.78 is 29.7. The van der Waals surface area contributed by atoms with Crippen molar-refractivity contribution in [1.29, 1.82) is 0 Å². The highest BCUT2D eigenvalue weighted by atomic mass is 19.3. The van der Waals surface area contributed by atoms with E-state index in [1.165, 1.54) is 7.11 Å². The summed E-state index contributed by atoms with van der Waals surface area (Å²) in [6.45, 7) is 4.34. The third kappa shape index (κ3) is 4.88. The highest BCUT2D eigenvalue weighted by molar-refractivity contribution is 5.81. The molecule has 1 fully saturated rings. The fourth-order valence-electron chi connectivity index (χ4n) is 3.39. The molecule has 1 rings (SSSR count). The zero-order valence-corrected chi connectivity index (χ0v) is 13.5. The highest BCUT2D eigenvalue weighted by Crippen LogP contribution is 2.39. The molecule has 0 radical (unpaired) electrons. The Hall–Kier alpha value is -0.750. The Balaban J connectivity index is 2.71. The van der Waals surface area contributed by atoms with E-state index >= 15 is 0 Å². The van der Waals surface area contributed by atoms with Gasteiger partial charge in [-0.2, -0.15) is 0 Å². The average Bonchev–Trinajstić information content (AvgIpc) is 2.77. The maximum absolute atomic E-state index is 12.4. The van der Waals surface area contributed by atoms with Crippen molar-refractivity contribution in [2.45, 2.75) is 57.5 Å². The monoisotopic (exact) mass is 306 g/mol. The fourth-order valence-corrected chi connectivity index (χ4v) is 3.39. The predicted molar refractivity (Wildman–Crippen MR) is 78.5 cm³/mol. The fraction of sp³-hybridized carbons (Fsp3) is 0.933. The van der Waals surface area contributed by atoms with Crippen LogP contribution in [0.5, 0.6) is 0 Å². The molecule has 1 saturated carbocycles. The van der Waals surface area contributed by atoms with Gasteiger partial charge in [-0.05, 0) is 52.6 Å². The Labute approximate surface area is 126 Å². The minimum atomic E-state index is -2.32. The van der Waals surface area contributed by atoms with Crippen molar-refractivity contribution in [3.63, 3.8) is 0 Å². The second kappa shape index (κ2) is 8.03. The van der Waals surface area contributed by atoms with Gasteiger partial charge in [0.2, 0.25) is 0 Å². The van der Waals surface area contributed by atoms with Crippen LogP contribution in [0.15, 0.2) is 0 Å². The number of rotatable bonds is 8. The Bertz CT molecular complexity index is 340. The lowest BCUT2D eigenvalue weighted by Crippen LogP contribution is -2.58. The molecule has 1 aliphatic rings. The lowest BCUT2D eigenvalue weighted by molar-refractivity contribution is -0.151. The molecule has 2 atom stereocenters. The molecule has 0 aromatic rings. The van der Waals surface area contributed by atoms with Gasteiger partial charge >= 0.3 is 5.97 Å². The van der Waals surface area contributed by atoms with Crippen molar-refractivity contribution >= 4 is 5.97 Å². The van der Waals surface area contributed by atoms with E-state index in [1.54, 1.807) is 11.9 Å². The number of alkyl halides is 2. The Morgan fingerprint density at radius 3 is 2.67 bits per heavy atom. The smallest absolute Gasteiger partial charge is 0.326 e. The number of ether oxygens (including phenoxy) is 1. The molecule has 0 spiro atoms. The van der Waals surface area contributed by atoms with Crippen LogP contribution in [0.2, 0.25) is 0 Å². The van der Waals surface area contributed by atoms with E-state index in [4.69, 9.17) is 4.74 Å². The number of hydrogen-bond donors (Lipinski definition) is 1. The van der Waals surface area contributed by atoms with E-state index in [1.807, 2.05) is 13.8 Å². The van der Waals surface area contributed by atoms with E-state index < -0.39 is 12.0 Å². The normalized spacial score (nSPS) is 26.0. The molecular weight excluding hydrogens is 278 g/mol. The van der Waals surface area contributed by atoms with Crippen molar-refractivity contribution in [2.24, 2.45) is 5.92 Å². The van der Waals surface area contributed by atoms with Crippen molar-refractivity contribution in [2.75, 3.05) is 27.2 Å². The number of methoxy groups -OCH3 is 1. The van der Waals surface area contributed by atoms with Gasteiger partial charge in [0.05, 0.1) is 13.7 Å². The third-order valence-electron chi connectivity index (χ3n) is 4.23. The first kappa shape index (κ1) is 18.3. The SMILES string of the molecule is COC(=O)C1(NC(C)C)CCCC1CCN(C)CC(F)F. The van der Waals surface area contributed by atoms with Gasteiger partial charge in [-0.3, -0.25) is 10.1 Å². The second-order valence-electron chi connectivity index (χ2n) is 6.29. The first-order chi connectivity index (χ1) is 9.81. The summed E-state index contributed by atoms with van der Waals surface area (Å²) in [5, 5.41) is 3.38. The highest BCUT2D eigenvalue weighted by Gasteiger charge is 2.49. The summed E-state index contributed by atoms with van der Waals surface area (Å²) in [6, 6.07) is 0.170. The van der Waals surface area contributed by atoms with Gasteiger partial charge < -0.3 is 9.64 Å². The number of nitrogens with one attached hydrogen (secondary N) is 1. The molecule has 0 saturated heterocycles. The van der Waals surface area contributed by atoms with E-state index in [9.17, 15) is 13.6 Å². The first-order valence-corrected chi connectivity index (χ1v) is 7.64. The van der Waals surface area contributed by atoms with E-state index in [0.717, 1.165) is 25.7 Å². The zero-order chi connectivity index (χ0) is 16.0. The molecule has 6 heteroatoms. The zero-order valence-electron chi connectivity index (χ0n) is 13.5. The van der Waals surface area contributed by atoms with Gasteiger partial charge in [0.15, 0.2) is 0 Å². The molecule has 0 amide bonds. The number of nitrogens with zero attached hydrogens (tertiary/aromatic N) is 1. The van der Waals surface area contributed by atoms with Crippen molar-refractivity contribution < 1.29 is 18.3 Å². The molecular formula is C15H28F2N2O2. The number of hydrogen-bond acceptors (Lipinski definition) is 4. The van der Waals surface area contributed by atoms with Crippen molar-refractivity contribution in [1.82, 2.24) is 10.2 Å². The summed E-state index contributed by atoms with van der Waals surface area (Å²) in [5.41, 5.74) is -0.658. The van der Waals surface area contributed by atoms with Crippen LogP contribution in [0.1, 0.15) is 39.5 Å². The molecule has 0 aromatic carbocycles. The van der Waals surface area contributed by atoms with Crippen LogP contribution in [-0.4, -0.2) is 56.1 Å². The van der Waals surface area contributed by atoms with Gasteiger partial charge in [0.1, 0.15) is 5.54 Å².